The molecule has 1 saturated heterocycles. The number of hydrogen-bond donors (Lipinski definition) is 1. The van der Waals surface area contributed by atoms with Gasteiger partial charge in [-0.05, 0) is 56.2 Å². The van der Waals surface area contributed by atoms with Crippen molar-refractivity contribution in [2.75, 3.05) is 20.2 Å². The van der Waals surface area contributed by atoms with Crippen LogP contribution in [0.4, 0.5) is 0 Å². The van der Waals surface area contributed by atoms with Crippen LogP contribution in [0, 0.1) is 5.41 Å². The van der Waals surface area contributed by atoms with E-state index in [9.17, 15) is 9.90 Å². The molecule has 3 rings (SSSR count). The molecule has 1 aliphatic heterocycles. The summed E-state index contributed by atoms with van der Waals surface area (Å²) in [7, 11) is 1.66. The zero-order valence-corrected chi connectivity index (χ0v) is 14.9. The van der Waals surface area contributed by atoms with Gasteiger partial charge in [0.2, 0.25) is 5.91 Å². The van der Waals surface area contributed by atoms with Crippen molar-refractivity contribution < 1.29 is 14.6 Å². The van der Waals surface area contributed by atoms with Crippen molar-refractivity contribution in [3.8, 4) is 5.75 Å². The lowest BCUT2D eigenvalue weighted by Gasteiger charge is -2.59. The zero-order chi connectivity index (χ0) is 17.2. The van der Waals surface area contributed by atoms with Crippen LogP contribution in [-0.4, -0.2) is 41.7 Å². The molecule has 1 heterocycles. The van der Waals surface area contributed by atoms with Gasteiger partial charge in [0, 0.05) is 24.9 Å². The largest absolute Gasteiger partial charge is 0.497 e. The molecule has 4 heteroatoms. The average molecular weight is 331 g/mol. The summed E-state index contributed by atoms with van der Waals surface area (Å²) in [6.07, 6.45) is 6.09. The monoisotopic (exact) mass is 331 g/mol. The van der Waals surface area contributed by atoms with Crippen molar-refractivity contribution in [2.24, 2.45) is 5.41 Å². The van der Waals surface area contributed by atoms with Gasteiger partial charge in [-0.3, -0.25) is 4.79 Å². The molecule has 1 saturated carbocycles. The highest BCUT2D eigenvalue weighted by Gasteiger charge is 2.57. The number of aryl methyl sites for hydroxylation is 1. The number of nitrogens with zero attached hydrogens (tertiary/aromatic N) is 1. The Morgan fingerprint density at radius 2 is 1.83 bits per heavy atom. The fourth-order valence-electron chi connectivity index (χ4n) is 4.42. The standard InChI is InChI=1S/C20H29NO3/c1-3-20(23)11-10-19(20)12-14-21(15-13-19)18(22)9-6-16-4-7-17(24-2)8-5-16/h4-5,7-8,23H,3,6,9-15H2,1-2H3. The summed E-state index contributed by atoms with van der Waals surface area (Å²) < 4.78 is 5.16. The average Bonchev–Trinajstić information content (AvgIpc) is 2.65. The molecule has 2 aliphatic rings. The van der Waals surface area contributed by atoms with Gasteiger partial charge in [-0.1, -0.05) is 19.1 Å². The third-order valence-electron chi connectivity index (χ3n) is 6.45. The van der Waals surface area contributed by atoms with Gasteiger partial charge in [0.25, 0.3) is 0 Å². The van der Waals surface area contributed by atoms with E-state index in [1.165, 1.54) is 0 Å². The third-order valence-corrected chi connectivity index (χ3v) is 6.45. The maximum Gasteiger partial charge on any atom is 0.222 e. The molecule has 1 atom stereocenters. The topological polar surface area (TPSA) is 49.8 Å². The second-order valence-electron chi connectivity index (χ2n) is 7.39. The molecule has 1 spiro atoms. The Morgan fingerprint density at radius 3 is 2.33 bits per heavy atom. The van der Waals surface area contributed by atoms with Crippen LogP contribution >= 0.6 is 0 Å². The van der Waals surface area contributed by atoms with Gasteiger partial charge in [0.05, 0.1) is 12.7 Å². The Labute approximate surface area is 144 Å². The Morgan fingerprint density at radius 1 is 1.17 bits per heavy atom. The Hall–Kier alpha value is -1.55. The Bertz CT molecular complexity index is 571. The molecule has 1 amide bonds. The molecule has 0 aromatic heterocycles. The minimum absolute atomic E-state index is 0.0779. The smallest absolute Gasteiger partial charge is 0.222 e. The lowest BCUT2D eigenvalue weighted by atomic mass is 9.51. The number of likely N-dealkylation sites (tertiary alicyclic amines) is 1. The van der Waals surface area contributed by atoms with Crippen molar-refractivity contribution in [3.63, 3.8) is 0 Å². The number of ether oxygens (including phenoxy) is 1. The van der Waals surface area contributed by atoms with E-state index in [1.54, 1.807) is 7.11 Å². The molecular formula is C20H29NO3. The van der Waals surface area contributed by atoms with E-state index in [2.05, 4.69) is 6.92 Å². The van der Waals surface area contributed by atoms with Crippen molar-refractivity contribution >= 4 is 5.91 Å². The molecule has 0 bridgehead atoms. The van der Waals surface area contributed by atoms with Crippen LogP contribution < -0.4 is 4.74 Å². The van der Waals surface area contributed by atoms with E-state index in [0.717, 1.165) is 62.9 Å². The normalized spacial score (nSPS) is 25.4. The molecule has 1 aliphatic carbocycles. The maximum atomic E-state index is 12.5. The van der Waals surface area contributed by atoms with Crippen molar-refractivity contribution in [2.45, 2.75) is 57.5 Å². The van der Waals surface area contributed by atoms with Gasteiger partial charge in [-0.2, -0.15) is 0 Å². The Kier molecular flexibility index (Phi) is 4.86. The SMILES string of the molecule is CCC1(O)CCC12CCN(C(=O)CCc1ccc(OC)cc1)CC2. The van der Waals surface area contributed by atoms with Gasteiger partial charge >= 0.3 is 0 Å². The number of methoxy groups -OCH3 is 1. The third kappa shape index (κ3) is 3.04. The van der Waals surface area contributed by atoms with E-state index >= 15 is 0 Å². The predicted octanol–water partition coefficient (Wildman–Crippen LogP) is 3.17. The van der Waals surface area contributed by atoms with Crippen LogP contribution in [0.5, 0.6) is 5.75 Å². The molecule has 1 aromatic rings. The zero-order valence-electron chi connectivity index (χ0n) is 14.9. The van der Waals surface area contributed by atoms with Gasteiger partial charge in [0.15, 0.2) is 0 Å². The molecule has 1 unspecified atom stereocenters. The van der Waals surface area contributed by atoms with Crippen LogP contribution in [0.15, 0.2) is 24.3 Å². The van der Waals surface area contributed by atoms with Gasteiger partial charge in [-0.15, -0.1) is 0 Å². The van der Waals surface area contributed by atoms with Crippen molar-refractivity contribution in [1.29, 1.82) is 0 Å². The summed E-state index contributed by atoms with van der Waals surface area (Å²) in [5.74, 6) is 1.08. The lowest BCUT2D eigenvalue weighted by Crippen LogP contribution is -2.61. The summed E-state index contributed by atoms with van der Waals surface area (Å²) >= 11 is 0. The summed E-state index contributed by atoms with van der Waals surface area (Å²) in [6.45, 7) is 3.67. The first kappa shape index (κ1) is 17.3. The van der Waals surface area contributed by atoms with E-state index in [4.69, 9.17) is 4.74 Å². The number of rotatable bonds is 5. The van der Waals surface area contributed by atoms with Crippen LogP contribution in [0.3, 0.4) is 0 Å². The summed E-state index contributed by atoms with van der Waals surface area (Å²) in [4.78, 5) is 14.5. The van der Waals surface area contributed by atoms with Crippen LogP contribution in [0.2, 0.25) is 0 Å². The lowest BCUT2D eigenvalue weighted by molar-refractivity contribution is -0.192. The number of carbonyl (C=O) groups is 1. The first-order valence-electron chi connectivity index (χ1n) is 9.15. The number of amides is 1. The molecule has 1 aromatic carbocycles. The minimum atomic E-state index is -0.481. The van der Waals surface area contributed by atoms with Crippen LogP contribution in [0.1, 0.15) is 51.0 Å². The first-order valence-corrected chi connectivity index (χ1v) is 9.15. The summed E-state index contributed by atoms with van der Waals surface area (Å²) in [6, 6.07) is 7.92. The molecular weight excluding hydrogens is 302 g/mol. The fourth-order valence-corrected chi connectivity index (χ4v) is 4.42. The second-order valence-corrected chi connectivity index (χ2v) is 7.39. The van der Waals surface area contributed by atoms with E-state index < -0.39 is 5.60 Å². The first-order chi connectivity index (χ1) is 11.5. The van der Waals surface area contributed by atoms with Gasteiger partial charge in [-0.25, -0.2) is 0 Å². The molecule has 1 N–H and O–H groups in total. The highest BCUT2D eigenvalue weighted by atomic mass is 16.5. The summed E-state index contributed by atoms with van der Waals surface area (Å²) in [5, 5.41) is 10.7. The van der Waals surface area contributed by atoms with Crippen molar-refractivity contribution in [3.05, 3.63) is 29.8 Å². The highest BCUT2D eigenvalue weighted by molar-refractivity contribution is 5.76. The van der Waals surface area contributed by atoms with E-state index in [0.29, 0.717) is 6.42 Å². The van der Waals surface area contributed by atoms with Crippen molar-refractivity contribution in [1.82, 2.24) is 4.90 Å². The Balaban J connectivity index is 1.48. The quantitative estimate of drug-likeness (QED) is 0.901. The molecule has 2 fully saturated rings. The predicted molar refractivity (Wildman–Crippen MR) is 94.0 cm³/mol. The number of piperidine rings is 1. The van der Waals surface area contributed by atoms with E-state index in [-0.39, 0.29) is 11.3 Å². The minimum Gasteiger partial charge on any atom is -0.497 e. The highest BCUT2D eigenvalue weighted by Crippen LogP contribution is 2.57. The molecule has 132 valence electrons. The van der Waals surface area contributed by atoms with Crippen LogP contribution in [-0.2, 0) is 11.2 Å². The van der Waals surface area contributed by atoms with Crippen LogP contribution in [0.25, 0.3) is 0 Å². The molecule has 24 heavy (non-hydrogen) atoms. The number of carbonyl (C=O) groups excluding carboxylic acids is 1. The number of aliphatic hydroxyl groups is 1. The summed E-state index contributed by atoms with van der Waals surface area (Å²) in [5.41, 5.74) is 0.761. The number of hydrogen-bond acceptors (Lipinski definition) is 3. The number of benzene rings is 1. The molecule has 4 nitrogen and oxygen atoms in total. The van der Waals surface area contributed by atoms with E-state index in [1.807, 2.05) is 29.2 Å². The van der Waals surface area contributed by atoms with Gasteiger partial charge in [0.1, 0.15) is 5.75 Å². The van der Waals surface area contributed by atoms with Gasteiger partial charge < -0.3 is 14.7 Å². The maximum absolute atomic E-state index is 12.5. The fraction of sp³-hybridized carbons (Fsp3) is 0.650. The second kappa shape index (κ2) is 6.75. The molecule has 0 radical (unpaired) electrons.